The third-order valence-electron chi connectivity index (χ3n) is 4.85. The Morgan fingerprint density at radius 1 is 0.967 bits per heavy atom. The Bertz CT molecular complexity index is 1200. The van der Waals surface area contributed by atoms with Crippen molar-refractivity contribution in [3.05, 3.63) is 95.8 Å². The van der Waals surface area contributed by atoms with Crippen molar-refractivity contribution in [1.82, 2.24) is 0 Å². The molecule has 0 fully saturated rings. The van der Waals surface area contributed by atoms with Crippen LogP contribution in [0, 0.1) is 5.82 Å². The van der Waals surface area contributed by atoms with Gasteiger partial charge in [0.1, 0.15) is 5.82 Å². The van der Waals surface area contributed by atoms with Gasteiger partial charge in [0.05, 0.1) is 10.6 Å². The fraction of sp³-hybridized carbons (Fsp3) is 0.0870. The number of nitrogens with zero attached hydrogens (tertiary/aromatic N) is 1. The van der Waals surface area contributed by atoms with Crippen molar-refractivity contribution < 1.29 is 17.6 Å². The van der Waals surface area contributed by atoms with Gasteiger partial charge in [-0.1, -0.05) is 30.3 Å². The molecule has 152 valence electrons. The highest BCUT2D eigenvalue weighted by molar-refractivity contribution is 7.92. The molecule has 1 aliphatic rings. The Balaban J connectivity index is 1.45. The molecule has 5 nitrogen and oxygen atoms in total. The van der Waals surface area contributed by atoms with E-state index in [1.165, 1.54) is 34.6 Å². The SMILES string of the molecule is O=C(C=Cc1ccc(F)cc1)Nc1ccc(S(=O)(=O)N2CCc3ccccc32)cc1. The lowest BCUT2D eigenvalue weighted by Crippen LogP contribution is -2.29. The van der Waals surface area contributed by atoms with E-state index >= 15 is 0 Å². The number of amides is 1. The minimum atomic E-state index is -3.67. The van der Waals surface area contributed by atoms with Crippen molar-refractivity contribution >= 4 is 33.4 Å². The summed E-state index contributed by atoms with van der Waals surface area (Å²) in [5.74, 6) is -0.715. The zero-order chi connectivity index (χ0) is 21.1. The number of fused-ring (bicyclic) bond motifs is 1. The molecule has 0 atom stereocenters. The van der Waals surface area contributed by atoms with Gasteiger partial charge in [-0.2, -0.15) is 0 Å². The highest BCUT2D eigenvalue weighted by atomic mass is 32.2. The molecule has 1 N–H and O–H groups in total. The highest BCUT2D eigenvalue weighted by Crippen LogP contribution is 2.32. The summed E-state index contributed by atoms with van der Waals surface area (Å²) in [5, 5.41) is 2.68. The van der Waals surface area contributed by atoms with Crippen LogP contribution in [0.1, 0.15) is 11.1 Å². The van der Waals surface area contributed by atoms with Crippen LogP contribution in [0.15, 0.2) is 83.8 Å². The van der Waals surface area contributed by atoms with Crippen LogP contribution < -0.4 is 9.62 Å². The molecule has 0 bridgehead atoms. The normalized spacial score (nSPS) is 13.4. The summed E-state index contributed by atoms with van der Waals surface area (Å²) < 4.78 is 40.4. The topological polar surface area (TPSA) is 66.5 Å². The number of sulfonamides is 1. The lowest BCUT2D eigenvalue weighted by Gasteiger charge is -2.19. The number of benzene rings is 3. The second kappa shape index (κ2) is 8.12. The first-order valence-corrected chi connectivity index (χ1v) is 10.8. The maximum Gasteiger partial charge on any atom is 0.264 e. The minimum Gasteiger partial charge on any atom is -0.323 e. The second-order valence-corrected chi connectivity index (χ2v) is 8.72. The van der Waals surface area contributed by atoms with E-state index in [2.05, 4.69) is 5.32 Å². The van der Waals surface area contributed by atoms with Gasteiger partial charge in [-0.3, -0.25) is 9.10 Å². The fourth-order valence-electron chi connectivity index (χ4n) is 3.32. The van der Waals surface area contributed by atoms with Crippen LogP contribution in [0.2, 0.25) is 0 Å². The molecule has 1 amide bonds. The Hall–Kier alpha value is -3.45. The summed E-state index contributed by atoms with van der Waals surface area (Å²) in [6, 6.07) is 19.3. The van der Waals surface area contributed by atoms with Crippen molar-refractivity contribution in [3.8, 4) is 0 Å². The van der Waals surface area contributed by atoms with Crippen molar-refractivity contribution in [1.29, 1.82) is 0 Å². The molecule has 3 aromatic rings. The van der Waals surface area contributed by atoms with Crippen LogP contribution in [0.5, 0.6) is 0 Å². The summed E-state index contributed by atoms with van der Waals surface area (Å²) >= 11 is 0. The Morgan fingerprint density at radius 3 is 2.40 bits per heavy atom. The molecule has 0 spiro atoms. The molecule has 7 heteroatoms. The quantitative estimate of drug-likeness (QED) is 0.626. The van der Waals surface area contributed by atoms with E-state index in [1.54, 1.807) is 30.3 Å². The highest BCUT2D eigenvalue weighted by Gasteiger charge is 2.30. The van der Waals surface area contributed by atoms with Crippen LogP contribution in [0.25, 0.3) is 6.08 Å². The van der Waals surface area contributed by atoms with Crippen molar-refractivity contribution in [2.24, 2.45) is 0 Å². The predicted molar refractivity (Wildman–Crippen MR) is 115 cm³/mol. The second-order valence-electron chi connectivity index (χ2n) is 6.85. The van der Waals surface area contributed by atoms with Gasteiger partial charge in [0, 0.05) is 18.3 Å². The monoisotopic (exact) mass is 422 g/mol. The van der Waals surface area contributed by atoms with Gasteiger partial charge in [-0.25, -0.2) is 12.8 Å². The molecule has 0 aliphatic carbocycles. The minimum absolute atomic E-state index is 0.166. The van der Waals surface area contributed by atoms with Crippen molar-refractivity contribution in [2.75, 3.05) is 16.2 Å². The Kier molecular flexibility index (Phi) is 5.37. The van der Waals surface area contributed by atoms with Crippen molar-refractivity contribution in [3.63, 3.8) is 0 Å². The molecular formula is C23H19FN2O3S. The third kappa shape index (κ3) is 4.11. The summed E-state index contributed by atoms with van der Waals surface area (Å²) in [6.07, 6.45) is 3.58. The first kappa shape index (κ1) is 19.8. The first-order chi connectivity index (χ1) is 14.4. The zero-order valence-corrected chi connectivity index (χ0v) is 16.8. The van der Waals surface area contributed by atoms with E-state index in [0.717, 1.165) is 5.56 Å². The smallest absolute Gasteiger partial charge is 0.264 e. The summed E-state index contributed by atoms with van der Waals surface area (Å²) in [5.41, 5.74) is 2.89. The molecule has 0 saturated heterocycles. The van der Waals surface area contributed by atoms with Gasteiger partial charge in [0.15, 0.2) is 0 Å². The predicted octanol–water partition coefficient (Wildman–Crippen LogP) is 4.23. The number of hydrogen-bond acceptors (Lipinski definition) is 3. The van der Waals surface area contributed by atoms with Crippen LogP contribution in [-0.2, 0) is 21.2 Å². The molecule has 1 heterocycles. The van der Waals surface area contributed by atoms with Gasteiger partial charge >= 0.3 is 0 Å². The standard InChI is InChI=1S/C23H19FN2O3S/c24-19-8-5-17(6-9-19)7-14-23(27)25-20-10-12-21(13-11-20)30(28,29)26-16-15-18-3-1-2-4-22(18)26/h1-14H,15-16H2,(H,25,27). The van der Waals surface area contributed by atoms with Gasteiger partial charge < -0.3 is 5.32 Å². The zero-order valence-electron chi connectivity index (χ0n) is 16.0. The molecule has 3 aromatic carbocycles. The summed E-state index contributed by atoms with van der Waals surface area (Å²) in [4.78, 5) is 12.2. The van der Waals surface area contributed by atoms with Crippen LogP contribution >= 0.6 is 0 Å². The average Bonchev–Trinajstić information content (AvgIpc) is 3.19. The van der Waals surface area contributed by atoms with E-state index in [1.807, 2.05) is 24.3 Å². The number of carbonyl (C=O) groups excluding carboxylic acids is 1. The van der Waals surface area contributed by atoms with E-state index in [9.17, 15) is 17.6 Å². The molecular weight excluding hydrogens is 403 g/mol. The van der Waals surface area contributed by atoms with Gasteiger partial charge in [-0.15, -0.1) is 0 Å². The Morgan fingerprint density at radius 2 is 1.67 bits per heavy atom. The number of para-hydroxylation sites is 1. The molecule has 0 unspecified atom stereocenters. The van der Waals surface area contributed by atoms with Crippen LogP contribution in [-0.4, -0.2) is 20.9 Å². The molecule has 0 saturated carbocycles. The molecule has 30 heavy (non-hydrogen) atoms. The lowest BCUT2D eigenvalue weighted by atomic mass is 10.2. The van der Waals surface area contributed by atoms with Gasteiger partial charge in [-0.05, 0) is 66.1 Å². The lowest BCUT2D eigenvalue weighted by molar-refractivity contribution is -0.111. The maximum absolute atomic E-state index is 13.0. The molecule has 1 aliphatic heterocycles. The van der Waals surface area contributed by atoms with E-state index in [0.29, 0.717) is 29.9 Å². The number of halogens is 1. The molecule has 0 radical (unpaired) electrons. The number of nitrogens with one attached hydrogen (secondary N) is 1. The third-order valence-corrected chi connectivity index (χ3v) is 6.68. The summed E-state index contributed by atoms with van der Waals surface area (Å²) in [6.45, 7) is 0.411. The molecule has 0 aromatic heterocycles. The van der Waals surface area contributed by atoms with E-state index < -0.39 is 10.0 Å². The first-order valence-electron chi connectivity index (χ1n) is 9.39. The van der Waals surface area contributed by atoms with Crippen molar-refractivity contribution in [2.45, 2.75) is 11.3 Å². The average molecular weight is 422 g/mol. The maximum atomic E-state index is 13.0. The number of carbonyl (C=O) groups is 1. The number of hydrogen-bond donors (Lipinski definition) is 1. The fourth-order valence-corrected chi connectivity index (χ4v) is 4.83. The summed E-state index contributed by atoms with van der Waals surface area (Å²) in [7, 11) is -3.67. The van der Waals surface area contributed by atoms with E-state index in [-0.39, 0.29) is 16.6 Å². The van der Waals surface area contributed by atoms with Crippen LogP contribution in [0.4, 0.5) is 15.8 Å². The molecule has 4 rings (SSSR count). The van der Waals surface area contributed by atoms with Crippen LogP contribution in [0.3, 0.4) is 0 Å². The van der Waals surface area contributed by atoms with Gasteiger partial charge in [0.25, 0.3) is 10.0 Å². The number of rotatable bonds is 5. The van der Waals surface area contributed by atoms with Gasteiger partial charge in [0.2, 0.25) is 5.91 Å². The largest absolute Gasteiger partial charge is 0.323 e. The Labute approximate surface area is 174 Å². The van der Waals surface area contributed by atoms with E-state index in [4.69, 9.17) is 0 Å². The number of anilines is 2.